The molecule has 1 saturated carbocycles. The molecule has 0 bridgehead atoms. The third-order valence-electron chi connectivity index (χ3n) is 6.14. The second-order valence-corrected chi connectivity index (χ2v) is 8.64. The Morgan fingerprint density at radius 2 is 1.69 bits per heavy atom. The number of aliphatic hydroxyl groups excluding tert-OH is 2. The predicted octanol–water partition coefficient (Wildman–Crippen LogP) is 3.03. The fourth-order valence-electron chi connectivity index (χ4n) is 4.19. The highest BCUT2D eigenvalue weighted by molar-refractivity contribution is 5.87. The summed E-state index contributed by atoms with van der Waals surface area (Å²) < 4.78 is 11.1. The SMILES string of the molecule is O=C(/C=C/c1ccc(O)cc1)O[C@@H]1C[C@](OCc2ccc3ccccc3c2)(C(=O)O)C[C@H](O)[C@H]1O. The van der Waals surface area contributed by atoms with Crippen molar-refractivity contribution in [2.75, 3.05) is 0 Å². The summed E-state index contributed by atoms with van der Waals surface area (Å²) in [7, 11) is 0. The number of phenolic OH excluding ortho intramolecular Hbond substituents is 1. The Hall–Kier alpha value is -3.72. The Balaban J connectivity index is 1.47. The van der Waals surface area contributed by atoms with Crippen molar-refractivity contribution in [2.24, 2.45) is 0 Å². The van der Waals surface area contributed by atoms with E-state index < -0.39 is 35.9 Å². The molecule has 8 heteroatoms. The Morgan fingerprint density at radius 1 is 0.971 bits per heavy atom. The Labute approximate surface area is 201 Å². The van der Waals surface area contributed by atoms with Gasteiger partial charge in [-0.3, -0.25) is 0 Å². The number of carbonyl (C=O) groups is 2. The van der Waals surface area contributed by atoms with Crippen LogP contribution in [0.1, 0.15) is 24.0 Å². The first-order valence-electron chi connectivity index (χ1n) is 11.1. The van der Waals surface area contributed by atoms with E-state index in [0.717, 1.165) is 22.4 Å². The minimum absolute atomic E-state index is 0.0403. The number of carboxylic acids is 1. The van der Waals surface area contributed by atoms with E-state index in [-0.39, 0.29) is 25.2 Å². The second kappa shape index (κ2) is 10.3. The second-order valence-electron chi connectivity index (χ2n) is 8.64. The van der Waals surface area contributed by atoms with Gasteiger partial charge in [-0.1, -0.05) is 48.5 Å². The molecule has 182 valence electrons. The largest absolute Gasteiger partial charge is 0.508 e. The number of hydrogen-bond acceptors (Lipinski definition) is 7. The van der Waals surface area contributed by atoms with Gasteiger partial charge in [0, 0.05) is 18.9 Å². The molecule has 0 aliphatic heterocycles. The monoisotopic (exact) mass is 478 g/mol. The Kier molecular flexibility index (Phi) is 7.16. The third-order valence-corrected chi connectivity index (χ3v) is 6.14. The normalized spacial score (nSPS) is 24.5. The lowest BCUT2D eigenvalue weighted by Gasteiger charge is -2.41. The summed E-state index contributed by atoms with van der Waals surface area (Å²) in [5.41, 5.74) is -0.478. The van der Waals surface area contributed by atoms with E-state index in [1.165, 1.54) is 18.2 Å². The summed E-state index contributed by atoms with van der Waals surface area (Å²) in [6.45, 7) is -0.0403. The standard InChI is InChI=1S/C27H26O8/c28-21-10-6-17(7-11-21)8-12-24(30)35-23-15-27(26(32)33,14-22(29)25(23)31)34-16-18-5-9-19-3-1-2-4-20(19)13-18/h1-13,22-23,25,28-29,31H,14-16H2,(H,32,33)/b12-8+/t22-,23+,25+,27-/m0/s1. The van der Waals surface area contributed by atoms with Crippen LogP contribution in [-0.2, 0) is 25.7 Å². The summed E-state index contributed by atoms with van der Waals surface area (Å²) in [6, 6.07) is 19.5. The van der Waals surface area contributed by atoms with E-state index in [0.29, 0.717) is 5.56 Å². The van der Waals surface area contributed by atoms with Crippen LogP contribution in [0.15, 0.2) is 72.8 Å². The number of hydrogen-bond donors (Lipinski definition) is 4. The number of aromatic hydroxyl groups is 1. The van der Waals surface area contributed by atoms with E-state index in [2.05, 4.69) is 0 Å². The van der Waals surface area contributed by atoms with Crippen molar-refractivity contribution in [1.29, 1.82) is 0 Å². The Morgan fingerprint density at radius 3 is 2.40 bits per heavy atom. The predicted molar refractivity (Wildman–Crippen MR) is 127 cm³/mol. The van der Waals surface area contributed by atoms with Crippen LogP contribution in [0.3, 0.4) is 0 Å². The molecule has 0 heterocycles. The van der Waals surface area contributed by atoms with E-state index in [4.69, 9.17) is 9.47 Å². The molecule has 8 nitrogen and oxygen atoms in total. The van der Waals surface area contributed by atoms with Gasteiger partial charge < -0.3 is 29.9 Å². The average Bonchev–Trinajstić information content (AvgIpc) is 2.85. The first kappa shape index (κ1) is 24.4. The minimum Gasteiger partial charge on any atom is -0.508 e. The van der Waals surface area contributed by atoms with Gasteiger partial charge in [-0.15, -0.1) is 0 Å². The van der Waals surface area contributed by atoms with E-state index >= 15 is 0 Å². The summed E-state index contributed by atoms with van der Waals surface area (Å²) in [5.74, 6) is -2.05. The van der Waals surface area contributed by atoms with Crippen LogP contribution in [0.25, 0.3) is 16.8 Å². The highest BCUT2D eigenvalue weighted by Crippen LogP contribution is 2.35. The van der Waals surface area contributed by atoms with Gasteiger partial charge in [-0.25, -0.2) is 9.59 Å². The quantitative estimate of drug-likeness (QED) is 0.301. The number of fused-ring (bicyclic) bond motifs is 1. The minimum atomic E-state index is -1.85. The van der Waals surface area contributed by atoms with Gasteiger partial charge in [0.1, 0.15) is 18.0 Å². The molecule has 1 aliphatic carbocycles. The number of benzene rings is 3. The number of phenols is 1. The number of carbonyl (C=O) groups excluding carboxylic acids is 1. The average molecular weight is 478 g/mol. The molecule has 1 aliphatic rings. The first-order valence-corrected chi connectivity index (χ1v) is 11.1. The number of rotatable bonds is 7. The number of carboxylic acid groups (broad SMARTS) is 1. The van der Waals surface area contributed by atoms with Crippen molar-refractivity contribution < 1.29 is 39.5 Å². The highest BCUT2D eigenvalue weighted by Gasteiger charge is 2.52. The molecule has 0 radical (unpaired) electrons. The van der Waals surface area contributed by atoms with Gasteiger partial charge in [-0.05, 0) is 46.2 Å². The molecule has 1 fully saturated rings. The van der Waals surface area contributed by atoms with Gasteiger partial charge >= 0.3 is 11.9 Å². The maximum Gasteiger partial charge on any atom is 0.336 e. The molecular formula is C27H26O8. The molecule has 0 amide bonds. The molecule has 0 saturated heterocycles. The van der Waals surface area contributed by atoms with Crippen molar-refractivity contribution in [3.63, 3.8) is 0 Å². The smallest absolute Gasteiger partial charge is 0.336 e. The summed E-state index contributed by atoms with van der Waals surface area (Å²) in [5, 5.41) is 42.1. The van der Waals surface area contributed by atoms with Crippen LogP contribution in [0.2, 0.25) is 0 Å². The van der Waals surface area contributed by atoms with Crippen molar-refractivity contribution in [1.82, 2.24) is 0 Å². The number of aliphatic hydroxyl groups is 2. The maximum absolute atomic E-state index is 12.3. The van der Waals surface area contributed by atoms with Crippen LogP contribution < -0.4 is 0 Å². The highest BCUT2D eigenvalue weighted by atomic mass is 16.6. The summed E-state index contributed by atoms with van der Waals surface area (Å²) in [6.07, 6.45) is -2.31. The van der Waals surface area contributed by atoms with Crippen LogP contribution in [0.5, 0.6) is 5.75 Å². The van der Waals surface area contributed by atoms with Gasteiger partial charge in [0.15, 0.2) is 5.60 Å². The number of esters is 1. The van der Waals surface area contributed by atoms with E-state index in [1.54, 1.807) is 12.1 Å². The molecule has 4 rings (SSSR count). The lowest BCUT2D eigenvalue weighted by molar-refractivity contribution is -0.209. The lowest BCUT2D eigenvalue weighted by Crippen LogP contribution is -2.58. The Bertz CT molecular complexity index is 1240. The third kappa shape index (κ3) is 5.68. The van der Waals surface area contributed by atoms with Crippen LogP contribution in [-0.4, -0.2) is 56.3 Å². The molecular weight excluding hydrogens is 452 g/mol. The molecule has 3 aromatic carbocycles. The van der Waals surface area contributed by atoms with E-state index in [1.807, 2.05) is 42.5 Å². The van der Waals surface area contributed by atoms with Gasteiger partial charge in [0.25, 0.3) is 0 Å². The van der Waals surface area contributed by atoms with Crippen molar-refractivity contribution in [2.45, 2.75) is 43.4 Å². The summed E-state index contributed by atoms with van der Waals surface area (Å²) in [4.78, 5) is 24.6. The first-order chi connectivity index (χ1) is 16.8. The molecule has 0 unspecified atom stereocenters. The van der Waals surface area contributed by atoms with Crippen molar-refractivity contribution >= 4 is 28.8 Å². The van der Waals surface area contributed by atoms with E-state index in [9.17, 15) is 30.0 Å². The van der Waals surface area contributed by atoms with Gasteiger partial charge in [0.2, 0.25) is 0 Å². The van der Waals surface area contributed by atoms with Crippen molar-refractivity contribution in [3.8, 4) is 5.75 Å². The van der Waals surface area contributed by atoms with Crippen molar-refractivity contribution in [3.05, 3.63) is 83.9 Å². The zero-order valence-electron chi connectivity index (χ0n) is 18.8. The number of aliphatic carboxylic acids is 1. The molecule has 3 aromatic rings. The van der Waals surface area contributed by atoms with Gasteiger partial charge in [-0.2, -0.15) is 0 Å². The van der Waals surface area contributed by atoms with Crippen LogP contribution >= 0.6 is 0 Å². The summed E-state index contributed by atoms with van der Waals surface area (Å²) >= 11 is 0. The fraction of sp³-hybridized carbons (Fsp3) is 0.259. The fourth-order valence-corrected chi connectivity index (χ4v) is 4.19. The molecule has 0 aromatic heterocycles. The van der Waals surface area contributed by atoms with Gasteiger partial charge in [0.05, 0.1) is 12.7 Å². The van der Waals surface area contributed by atoms with Crippen LogP contribution in [0, 0.1) is 0 Å². The molecule has 4 atom stereocenters. The van der Waals surface area contributed by atoms with Crippen LogP contribution in [0.4, 0.5) is 0 Å². The molecule has 35 heavy (non-hydrogen) atoms. The zero-order chi connectivity index (χ0) is 25.0. The topological polar surface area (TPSA) is 134 Å². The lowest BCUT2D eigenvalue weighted by atomic mass is 9.79. The molecule has 4 N–H and O–H groups in total. The molecule has 0 spiro atoms. The number of ether oxygens (including phenoxy) is 2. The zero-order valence-corrected chi connectivity index (χ0v) is 18.8. The maximum atomic E-state index is 12.3.